The Hall–Kier alpha value is -1.06. The molecule has 0 aromatic carbocycles. The van der Waals surface area contributed by atoms with Crippen molar-refractivity contribution in [3.8, 4) is 0 Å². The van der Waals surface area contributed by atoms with Crippen LogP contribution in [-0.2, 0) is 9.47 Å². The minimum absolute atomic E-state index is 0.227. The van der Waals surface area contributed by atoms with E-state index in [1.165, 1.54) is 4.90 Å². The largest absolute Gasteiger partial charge is 0.401 e. The van der Waals surface area contributed by atoms with Crippen LogP contribution in [0.4, 0.5) is 13.2 Å². The summed E-state index contributed by atoms with van der Waals surface area (Å²) < 4.78 is 48.0. The molecule has 2 fully saturated rings. The molecule has 0 aromatic heterocycles. The van der Waals surface area contributed by atoms with Crippen molar-refractivity contribution in [1.82, 2.24) is 15.1 Å². The van der Waals surface area contributed by atoms with Crippen LogP contribution in [0, 0.1) is 11.8 Å². The van der Waals surface area contributed by atoms with Crippen molar-refractivity contribution in [3.05, 3.63) is 0 Å². The number of hydrogen-bond donors (Lipinski definition) is 1. The van der Waals surface area contributed by atoms with Crippen molar-refractivity contribution < 1.29 is 22.6 Å². The average molecular weight is 380 g/mol. The Morgan fingerprint density at radius 3 is 2.62 bits per heavy atom. The maximum atomic E-state index is 12.5. The van der Waals surface area contributed by atoms with Crippen LogP contribution in [0.5, 0.6) is 0 Å². The number of rotatable bonds is 8. The van der Waals surface area contributed by atoms with E-state index in [0.717, 1.165) is 31.9 Å². The van der Waals surface area contributed by atoms with Crippen molar-refractivity contribution in [2.45, 2.75) is 19.0 Å². The van der Waals surface area contributed by atoms with E-state index in [1.54, 1.807) is 14.2 Å². The minimum atomic E-state index is -4.12. The van der Waals surface area contributed by atoms with E-state index in [4.69, 9.17) is 9.47 Å². The molecular formula is C17H31F3N4O2. The first-order valence-electron chi connectivity index (χ1n) is 9.22. The van der Waals surface area contributed by atoms with Crippen LogP contribution >= 0.6 is 0 Å². The number of hydrogen-bond acceptors (Lipinski definition) is 4. The second-order valence-electron chi connectivity index (χ2n) is 7.10. The molecule has 0 amide bonds. The van der Waals surface area contributed by atoms with E-state index in [-0.39, 0.29) is 5.92 Å². The van der Waals surface area contributed by atoms with Crippen molar-refractivity contribution >= 4 is 5.96 Å². The number of nitrogens with one attached hydrogen (secondary N) is 1. The Morgan fingerprint density at radius 2 is 1.92 bits per heavy atom. The van der Waals surface area contributed by atoms with E-state index in [9.17, 15) is 13.2 Å². The molecule has 2 atom stereocenters. The van der Waals surface area contributed by atoms with Gasteiger partial charge < -0.3 is 19.7 Å². The van der Waals surface area contributed by atoms with E-state index in [0.29, 0.717) is 45.4 Å². The molecule has 0 bridgehead atoms. The van der Waals surface area contributed by atoms with Gasteiger partial charge in [-0.15, -0.1) is 0 Å². The fraction of sp³-hybridized carbons (Fsp3) is 0.941. The summed E-state index contributed by atoms with van der Waals surface area (Å²) in [6.45, 7) is 4.57. The third kappa shape index (κ3) is 7.28. The molecule has 9 heteroatoms. The second-order valence-corrected chi connectivity index (χ2v) is 7.10. The summed E-state index contributed by atoms with van der Waals surface area (Å²) >= 11 is 0. The zero-order valence-corrected chi connectivity index (χ0v) is 15.7. The number of aliphatic imine (C=N–C) groups is 1. The molecule has 1 N–H and O–H groups in total. The highest BCUT2D eigenvalue weighted by Crippen LogP contribution is 2.22. The predicted octanol–water partition coefficient (Wildman–Crippen LogP) is 1.43. The lowest BCUT2D eigenvalue weighted by Crippen LogP contribution is -2.42. The lowest BCUT2D eigenvalue weighted by atomic mass is 10.1. The molecule has 2 aliphatic rings. The molecule has 0 aliphatic carbocycles. The fourth-order valence-corrected chi connectivity index (χ4v) is 3.60. The van der Waals surface area contributed by atoms with E-state index < -0.39 is 12.7 Å². The maximum Gasteiger partial charge on any atom is 0.401 e. The van der Waals surface area contributed by atoms with Gasteiger partial charge in [-0.1, -0.05) is 0 Å². The smallest absolute Gasteiger partial charge is 0.382 e. The summed E-state index contributed by atoms with van der Waals surface area (Å²) in [5, 5.41) is 3.34. The first-order chi connectivity index (χ1) is 12.4. The van der Waals surface area contributed by atoms with Crippen LogP contribution in [0.3, 0.4) is 0 Å². The number of halogens is 3. The predicted molar refractivity (Wildman–Crippen MR) is 94.3 cm³/mol. The standard InChI is InChI=1S/C17H31F3N4O2/c1-21-16(24-6-4-15(11-24)12-26-8-7-25-2)22-9-14-3-5-23(10-14)13-17(18,19)20/h14-15H,3-13H2,1-2H3,(H,21,22). The molecule has 2 unspecified atom stereocenters. The molecular weight excluding hydrogens is 349 g/mol. The van der Waals surface area contributed by atoms with Crippen molar-refractivity contribution in [1.29, 1.82) is 0 Å². The highest BCUT2D eigenvalue weighted by molar-refractivity contribution is 5.80. The Kier molecular flexibility index (Phi) is 8.43. The van der Waals surface area contributed by atoms with Crippen LogP contribution in [0.2, 0.25) is 0 Å². The van der Waals surface area contributed by atoms with Gasteiger partial charge in [0.1, 0.15) is 0 Å². The van der Waals surface area contributed by atoms with Gasteiger partial charge in [-0.2, -0.15) is 13.2 Å². The third-order valence-electron chi connectivity index (χ3n) is 4.90. The topological polar surface area (TPSA) is 49.3 Å². The number of ether oxygens (including phenoxy) is 2. The second kappa shape index (κ2) is 10.3. The van der Waals surface area contributed by atoms with Gasteiger partial charge >= 0.3 is 6.18 Å². The van der Waals surface area contributed by atoms with Crippen LogP contribution in [0.25, 0.3) is 0 Å². The zero-order chi connectivity index (χ0) is 19.0. The van der Waals surface area contributed by atoms with E-state index in [1.807, 2.05) is 0 Å². The molecule has 0 aromatic rings. The summed E-state index contributed by atoms with van der Waals surface area (Å²) in [4.78, 5) is 8.02. The number of nitrogens with zero attached hydrogens (tertiary/aromatic N) is 3. The Bertz CT molecular complexity index is 448. The summed E-state index contributed by atoms with van der Waals surface area (Å²) in [5.41, 5.74) is 0. The van der Waals surface area contributed by atoms with Gasteiger partial charge in [-0.3, -0.25) is 9.89 Å². The lowest BCUT2D eigenvalue weighted by Gasteiger charge is -2.23. The van der Waals surface area contributed by atoms with Gasteiger partial charge in [0.25, 0.3) is 0 Å². The van der Waals surface area contributed by atoms with Crippen molar-refractivity contribution in [3.63, 3.8) is 0 Å². The van der Waals surface area contributed by atoms with Crippen LogP contribution < -0.4 is 5.32 Å². The van der Waals surface area contributed by atoms with Crippen LogP contribution in [0.1, 0.15) is 12.8 Å². The number of methoxy groups -OCH3 is 1. The molecule has 2 aliphatic heterocycles. The van der Waals surface area contributed by atoms with Crippen molar-refractivity contribution in [2.24, 2.45) is 16.8 Å². The molecule has 0 radical (unpaired) electrons. The zero-order valence-electron chi connectivity index (χ0n) is 15.7. The van der Waals surface area contributed by atoms with Gasteiger partial charge in [0, 0.05) is 46.3 Å². The average Bonchev–Trinajstić information content (AvgIpc) is 3.21. The van der Waals surface area contributed by atoms with Crippen molar-refractivity contribution in [2.75, 3.05) is 73.2 Å². The number of likely N-dealkylation sites (tertiary alicyclic amines) is 2. The molecule has 2 saturated heterocycles. The molecule has 2 rings (SSSR count). The normalized spacial score (nSPS) is 25.3. The summed E-state index contributed by atoms with van der Waals surface area (Å²) in [7, 11) is 3.40. The summed E-state index contributed by atoms with van der Waals surface area (Å²) in [6.07, 6.45) is -2.28. The van der Waals surface area contributed by atoms with Gasteiger partial charge in [-0.05, 0) is 25.3 Å². The quantitative estimate of drug-likeness (QED) is 0.392. The minimum Gasteiger partial charge on any atom is -0.382 e. The van der Waals surface area contributed by atoms with Crippen LogP contribution in [-0.4, -0.2) is 95.2 Å². The van der Waals surface area contributed by atoms with E-state index in [2.05, 4.69) is 15.2 Å². The number of guanidine groups is 1. The number of alkyl halides is 3. The molecule has 0 spiro atoms. The lowest BCUT2D eigenvalue weighted by molar-refractivity contribution is -0.143. The van der Waals surface area contributed by atoms with E-state index >= 15 is 0 Å². The molecule has 6 nitrogen and oxygen atoms in total. The fourth-order valence-electron chi connectivity index (χ4n) is 3.60. The first-order valence-corrected chi connectivity index (χ1v) is 9.22. The maximum absolute atomic E-state index is 12.5. The highest BCUT2D eigenvalue weighted by Gasteiger charge is 2.34. The highest BCUT2D eigenvalue weighted by atomic mass is 19.4. The first kappa shape index (κ1) is 21.2. The Labute approximate surface area is 153 Å². The van der Waals surface area contributed by atoms with Gasteiger partial charge in [0.2, 0.25) is 0 Å². The van der Waals surface area contributed by atoms with Gasteiger partial charge in [-0.25, -0.2) is 0 Å². The molecule has 152 valence electrons. The van der Waals surface area contributed by atoms with Gasteiger partial charge in [0.05, 0.1) is 26.4 Å². The monoisotopic (exact) mass is 380 g/mol. The summed E-state index contributed by atoms with van der Waals surface area (Å²) in [5.74, 6) is 1.53. The molecule has 0 saturated carbocycles. The van der Waals surface area contributed by atoms with Crippen LogP contribution in [0.15, 0.2) is 4.99 Å². The Morgan fingerprint density at radius 1 is 1.15 bits per heavy atom. The Balaban J connectivity index is 1.67. The third-order valence-corrected chi connectivity index (χ3v) is 4.90. The van der Waals surface area contributed by atoms with Gasteiger partial charge in [0.15, 0.2) is 5.96 Å². The molecule has 2 heterocycles. The SMILES string of the molecule is CN=C(NCC1CCN(CC(F)(F)F)C1)N1CCC(COCCOC)C1. The molecule has 26 heavy (non-hydrogen) atoms. The summed E-state index contributed by atoms with van der Waals surface area (Å²) in [6, 6.07) is 0.